The molecule has 0 amide bonds. The van der Waals surface area contributed by atoms with E-state index >= 15 is 0 Å². The molecule has 0 spiro atoms. The average Bonchev–Trinajstić information content (AvgIpc) is 3.02. The van der Waals surface area contributed by atoms with Gasteiger partial charge in [-0.15, -0.1) is 0 Å². The first-order valence-electron chi connectivity index (χ1n) is 10.3. The lowest BCUT2D eigenvalue weighted by Crippen LogP contribution is -2.31. The van der Waals surface area contributed by atoms with Crippen molar-refractivity contribution < 1.29 is 4.74 Å². The molecule has 5 heteroatoms. The highest BCUT2D eigenvalue weighted by Gasteiger charge is 2.20. The first-order valence-corrected chi connectivity index (χ1v) is 10.3. The third kappa shape index (κ3) is 4.07. The van der Waals surface area contributed by atoms with Gasteiger partial charge in [0.1, 0.15) is 0 Å². The monoisotopic (exact) mass is 400 g/mol. The molecule has 0 aliphatic heterocycles. The number of aromatic nitrogens is 3. The Morgan fingerprint density at radius 1 is 0.933 bits per heavy atom. The summed E-state index contributed by atoms with van der Waals surface area (Å²) in [7, 11) is 1.72. The second kappa shape index (κ2) is 8.67. The molecule has 0 fully saturated rings. The predicted octanol–water partition coefficient (Wildman–Crippen LogP) is 4.41. The molecular weight excluding hydrogens is 372 g/mol. The summed E-state index contributed by atoms with van der Waals surface area (Å²) in [6.07, 6.45) is 2.59. The van der Waals surface area contributed by atoms with Crippen molar-refractivity contribution in [1.82, 2.24) is 14.1 Å². The lowest BCUT2D eigenvalue weighted by molar-refractivity contribution is 0.154. The fraction of sp³-hybridized carbons (Fsp3) is 0.280. The van der Waals surface area contributed by atoms with Crippen LogP contribution >= 0.6 is 0 Å². The van der Waals surface area contributed by atoms with Crippen LogP contribution in [0, 0.1) is 19.3 Å². The van der Waals surface area contributed by atoms with E-state index in [0.29, 0.717) is 18.8 Å². The fourth-order valence-corrected chi connectivity index (χ4v) is 3.94. The van der Waals surface area contributed by atoms with E-state index in [0.717, 1.165) is 23.1 Å². The van der Waals surface area contributed by atoms with Gasteiger partial charge in [-0.3, -0.25) is 9.98 Å². The van der Waals surface area contributed by atoms with Crippen LogP contribution in [0.5, 0.6) is 0 Å². The molecule has 5 nitrogen and oxygen atoms in total. The van der Waals surface area contributed by atoms with Gasteiger partial charge in [0.2, 0.25) is 5.62 Å². The molecular formula is C25H28N4O. The minimum atomic E-state index is 0.0103. The Kier molecular flexibility index (Phi) is 5.81. The Morgan fingerprint density at radius 3 is 2.20 bits per heavy atom. The molecule has 154 valence electrons. The van der Waals surface area contributed by atoms with E-state index in [2.05, 4.69) is 71.9 Å². The average molecular weight is 401 g/mol. The highest BCUT2D eigenvalue weighted by atomic mass is 16.5. The number of fused-ring (bicyclic) bond motifs is 1. The molecule has 0 saturated carbocycles. The van der Waals surface area contributed by atoms with Crippen molar-refractivity contribution in [2.45, 2.75) is 32.9 Å². The van der Waals surface area contributed by atoms with Crippen LogP contribution in [-0.4, -0.2) is 27.8 Å². The zero-order chi connectivity index (χ0) is 21.1. The maximum Gasteiger partial charge on any atom is 0.204 e. The number of pyridine rings is 1. The Hall–Kier alpha value is -3.18. The molecule has 2 aromatic carbocycles. The lowest BCUT2D eigenvalue weighted by atomic mass is 10.0. The van der Waals surface area contributed by atoms with E-state index in [-0.39, 0.29) is 6.04 Å². The number of rotatable bonds is 7. The Morgan fingerprint density at radius 2 is 1.57 bits per heavy atom. The summed E-state index contributed by atoms with van der Waals surface area (Å²) in [6, 6.07) is 21.0. The van der Waals surface area contributed by atoms with Crippen molar-refractivity contribution in [2.75, 3.05) is 13.7 Å². The first kappa shape index (κ1) is 20.1. The summed E-state index contributed by atoms with van der Waals surface area (Å²) in [4.78, 5) is 4.62. The second-order valence-electron chi connectivity index (χ2n) is 7.91. The van der Waals surface area contributed by atoms with Gasteiger partial charge in [-0.25, -0.2) is 4.98 Å². The number of nitrogens with zero attached hydrogens (tertiary/aromatic N) is 3. The molecule has 0 aliphatic carbocycles. The number of benzene rings is 2. The van der Waals surface area contributed by atoms with Crippen LogP contribution in [-0.2, 0) is 17.7 Å². The summed E-state index contributed by atoms with van der Waals surface area (Å²) < 4.78 is 9.62. The summed E-state index contributed by atoms with van der Waals surface area (Å²) in [5.41, 5.74) is 7.10. The van der Waals surface area contributed by atoms with Crippen molar-refractivity contribution in [3.8, 4) is 0 Å². The SMILES string of the molecule is COCC(Cc1ccc(C)cc1)n1c(=N)n(Cc2ccc(C)cc2)c2ncccc21. The molecule has 2 aromatic heterocycles. The van der Waals surface area contributed by atoms with E-state index in [4.69, 9.17) is 10.1 Å². The molecule has 1 atom stereocenters. The highest BCUT2D eigenvalue weighted by Crippen LogP contribution is 2.21. The molecule has 2 heterocycles. The Bertz CT molecular complexity index is 1190. The molecule has 1 N–H and O–H groups in total. The first-order chi connectivity index (χ1) is 14.6. The van der Waals surface area contributed by atoms with E-state index in [9.17, 15) is 0 Å². The third-order valence-electron chi connectivity index (χ3n) is 5.54. The van der Waals surface area contributed by atoms with Gasteiger partial charge in [-0.05, 0) is 43.5 Å². The number of imidazole rings is 1. The summed E-state index contributed by atoms with van der Waals surface area (Å²) in [6.45, 7) is 5.32. The largest absolute Gasteiger partial charge is 0.383 e. The third-order valence-corrected chi connectivity index (χ3v) is 5.54. The normalized spacial score (nSPS) is 12.4. The van der Waals surface area contributed by atoms with Crippen molar-refractivity contribution in [2.24, 2.45) is 0 Å². The van der Waals surface area contributed by atoms with Crippen LogP contribution in [0.4, 0.5) is 0 Å². The minimum absolute atomic E-state index is 0.0103. The van der Waals surface area contributed by atoms with Crippen LogP contribution < -0.4 is 5.62 Å². The van der Waals surface area contributed by atoms with Crippen molar-refractivity contribution in [3.63, 3.8) is 0 Å². The predicted molar refractivity (Wildman–Crippen MR) is 120 cm³/mol. The lowest BCUT2D eigenvalue weighted by Gasteiger charge is -2.19. The number of aryl methyl sites for hydroxylation is 2. The summed E-state index contributed by atoms with van der Waals surface area (Å²) in [5.74, 6) is 0. The molecule has 0 bridgehead atoms. The summed E-state index contributed by atoms with van der Waals surface area (Å²) >= 11 is 0. The molecule has 0 radical (unpaired) electrons. The molecule has 1 unspecified atom stereocenters. The smallest absolute Gasteiger partial charge is 0.204 e. The van der Waals surface area contributed by atoms with Crippen LogP contribution in [0.2, 0.25) is 0 Å². The van der Waals surface area contributed by atoms with Crippen LogP contribution in [0.3, 0.4) is 0 Å². The number of hydrogen-bond acceptors (Lipinski definition) is 3. The number of methoxy groups -OCH3 is 1. The molecule has 30 heavy (non-hydrogen) atoms. The molecule has 0 saturated heterocycles. The molecule has 0 aliphatic rings. The van der Waals surface area contributed by atoms with Crippen molar-refractivity contribution in [1.29, 1.82) is 5.41 Å². The standard InChI is InChI=1S/C25H28N4O/c1-18-6-10-20(11-7-18)15-22(17-30-3)29-23-5-4-14-27-24(23)28(25(29)26)16-21-12-8-19(2)9-13-21/h4-14,22,26H,15-17H2,1-3H3. The second-order valence-corrected chi connectivity index (χ2v) is 7.91. The highest BCUT2D eigenvalue weighted by molar-refractivity contribution is 5.71. The maximum absolute atomic E-state index is 9.01. The van der Waals surface area contributed by atoms with Crippen LogP contribution in [0.25, 0.3) is 11.2 Å². The zero-order valence-corrected chi connectivity index (χ0v) is 17.8. The quantitative estimate of drug-likeness (QED) is 0.499. The maximum atomic E-state index is 9.01. The van der Waals surface area contributed by atoms with Gasteiger partial charge >= 0.3 is 0 Å². The number of ether oxygens (including phenoxy) is 1. The topological polar surface area (TPSA) is 55.8 Å². The van der Waals surface area contributed by atoms with Crippen molar-refractivity contribution in [3.05, 3.63) is 94.7 Å². The van der Waals surface area contributed by atoms with Gasteiger partial charge in [0.05, 0.1) is 24.7 Å². The van der Waals surface area contributed by atoms with E-state index in [1.54, 1.807) is 13.3 Å². The Balaban J connectivity index is 1.78. The van der Waals surface area contributed by atoms with Crippen LogP contribution in [0.15, 0.2) is 66.9 Å². The fourth-order valence-electron chi connectivity index (χ4n) is 3.94. The van der Waals surface area contributed by atoms with Crippen molar-refractivity contribution >= 4 is 11.2 Å². The van der Waals surface area contributed by atoms with E-state index < -0.39 is 0 Å². The molecule has 4 aromatic rings. The van der Waals surface area contributed by atoms with Gasteiger partial charge in [-0.1, -0.05) is 59.7 Å². The van der Waals surface area contributed by atoms with E-state index in [1.165, 1.54) is 16.7 Å². The van der Waals surface area contributed by atoms with Gasteiger partial charge < -0.3 is 9.30 Å². The van der Waals surface area contributed by atoms with Gasteiger partial charge in [-0.2, -0.15) is 0 Å². The number of hydrogen-bond donors (Lipinski definition) is 1. The minimum Gasteiger partial charge on any atom is -0.383 e. The molecule has 4 rings (SSSR count). The summed E-state index contributed by atoms with van der Waals surface area (Å²) in [5, 5.41) is 9.01. The van der Waals surface area contributed by atoms with Gasteiger partial charge in [0.25, 0.3) is 0 Å². The number of nitrogens with one attached hydrogen (secondary N) is 1. The van der Waals surface area contributed by atoms with Gasteiger partial charge in [0, 0.05) is 13.3 Å². The van der Waals surface area contributed by atoms with Gasteiger partial charge in [0.15, 0.2) is 5.65 Å². The van der Waals surface area contributed by atoms with E-state index in [1.807, 2.05) is 16.7 Å². The zero-order valence-electron chi connectivity index (χ0n) is 17.8. The van der Waals surface area contributed by atoms with Crippen LogP contribution in [0.1, 0.15) is 28.3 Å². The Labute approximate surface area is 177 Å².